The van der Waals surface area contributed by atoms with Crippen molar-refractivity contribution in [2.75, 3.05) is 11.5 Å². The minimum Gasteiger partial charge on any atom is -0.344 e. The fraction of sp³-hybridized carbons (Fsp3) is 0.438. The Morgan fingerprint density at radius 2 is 2.21 bits per heavy atom. The summed E-state index contributed by atoms with van der Waals surface area (Å²) in [5.41, 5.74) is 1.92. The van der Waals surface area contributed by atoms with Crippen LogP contribution in [0.15, 0.2) is 30.6 Å². The number of pyridine rings is 1. The molecule has 24 heavy (non-hydrogen) atoms. The van der Waals surface area contributed by atoms with E-state index in [-0.39, 0.29) is 29.5 Å². The van der Waals surface area contributed by atoms with E-state index in [2.05, 4.69) is 15.4 Å². The Morgan fingerprint density at radius 1 is 1.42 bits per heavy atom. The average molecular weight is 348 g/mol. The van der Waals surface area contributed by atoms with Crippen molar-refractivity contribution in [2.24, 2.45) is 0 Å². The minimum absolute atomic E-state index is 0.0842. The maximum absolute atomic E-state index is 12.5. The summed E-state index contributed by atoms with van der Waals surface area (Å²) in [5.74, 6) is 0.0219. The summed E-state index contributed by atoms with van der Waals surface area (Å²) >= 11 is 0. The van der Waals surface area contributed by atoms with Gasteiger partial charge in [-0.2, -0.15) is 5.10 Å². The summed E-state index contributed by atoms with van der Waals surface area (Å²) in [4.78, 5) is 16.7. The number of hydrogen-bond acceptors (Lipinski definition) is 5. The van der Waals surface area contributed by atoms with Gasteiger partial charge in [-0.25, -0.2) is 8.42 Å². The first-order valence-corrected chi connectivity index (χ1v) is 9.66. The van der Waals surface area contributed by atoms with Crippen LogP contribution in [0.2, 0.25) is 0 Å². The lowest BCUT2D eigenvalue weighted by molar-refractivity contribution is 0.0938. The van der Waals surface area contributed by atoms with E-state index in [1.807, 2.05) is 25.1 Å². The van der Waals surface area contributed by atoms with Crippen LogP contribution in [0.1, 0.15) is 47.2 Å². The number of sulfone groups is 1. The van der Waals surface area contributed by atoms with Gasteiger partial charge in [-0.3, -0.25) is 14.5 Å². The molecule has 0 bridgehead atoms. The molecule has 1 aliphatic rings. The molecule has 8 heteroatoms. The second-order valence-electron chi connectivity index (χ2n) is 6.09. The summed E-state index contributed by atoms with van der Waals surface area (Å²) in [5, 5.41) is 7.14. The van der Waals surface area contributed by atoms with E-state index in [0.717, 1.165) is 5.69 Å². The van der Waals surface area contributed by atoms with Crippen LogP contribution in [0.5, 0.6) is 0 Å². The zero-order valence-electron chi connectivity index (χ0n) is 13.6. The van der Waals surface area contributed by atoms with Gasteiger partial charge in [0.05, 0.1) is 41.0 Å². The zero-order valence-corrected chi connectivity index (χ0v) is 14.5. The molecule has 0 radical (unpaired) electrons. The number of nitrogens with zero attached hydrogens (tertiary/aromatic N) is 3. The van der Waals surface area contributed by atoms with Gasteiger partial charge in [0.2, 0.25) is 0 Å². The van der Waals surface area contributed by atoms with Gasteiger partial charge in [0.15, 0.2) is 9.84 Å². The van der Waals surface area contributed by atoms with E-state index >= 15 is 0 Å². The van der Waals surface area contributed by atoms with E-state index in [4.69, 9.17) is 0 Å². The molecule has 3 rings (SSSR count). The number of hydrogen-bond donors (Lipinski definition) is 1. The van der Waals surface area contributed by atoms with Crippen LogP contribution in [-0.4, -0.2) is 40.6 Å². The molecule has 1 amide bonds. The second-order valence-corrected chi connectivity index (χ2v) is 8.32. The first-order valence-electron chi connectivity index (χ1n) is 7.84. The number of nitrogens with one attached hydrogen (secondary N) is 1. The maximum Gasteiger partial charge on any atom is 0.255 e. The van der Waals surface area contributed by atoms with Gasteiger partial charge >= 0.3 is 0 Å². The molecule has 3 heterocycles. The molecular weight excluding hydrogens is 328 g/mol. The lowest BCUT2D eigenvalue weighted by Gasteiger charge is -2.14. The Morgan fingerprint density at radius 3 is 2.83 bits per heavy atom. The molecule has 2 atom stereocenters. The molecule has 0 aliphatic carbocycles. The van der Waals surface area contributed by atoms with Crippen molar-refractivity contribution in [1.29, 1.82) is 0 Å². The molecule has 0 saturated carbocycles. The Hall–Kier alpha value is -2.22. The van der Waals surface area contributed by atoms with Crippen molar-refractivity contribution < 1.29 is 13.2 Å². The number of carbonyl (C=O) groups is 1. The van der Waals surface area contributed by atoms with Gasteiger partial charge in [-0.05, 0) is 32.4 Å². The lowest BCUT2D eigenvalue weighted by atomic mass is 10.1. The first-order chi connectivity index (χ1) is 11.4. The van der Waals surface area contributed by atoms with Crippen LogP contribution in [0.4, 0.5) is 0 Å². The summed E-state index contributed by atoms with van der Waals surface area (Å²) in [6.45, 7) is 3.65. The largest absolute Gasteiger partial charge is 0.344 e. The van der Waals surface area contributed by atoms with Crippen molar-refractivity contribution in [2.45, 2.75) is 32.4 Å². The number of carbonyl (C=O) groups excluding carboxylic acids is 1. The first kappa shape index (κ1) is 16.6. The van der Waals surface area contributed by atoms with Gasteiger partial charge in [-0.15, -0.1) is 0 Å². The Labute approximate surface area is 141 Å². The standard InChI is InChI=1S/C16H20N4O3S/c1-11(15-5-3-4-7-17-15)19-16(21)14-9-18-20(12(14)2)13-6-8-24(22,23)10-13/h3-5,7,9,11,13H,6,8,10H2,1-2H3,(H,19,21)/t11-,13+/m0/s1. The molecule has 1 saturated heterocycles. The van der Waals surface area contributed by atoms with E-state index in [1.54, 1.807) is 17.8 Å². The third-order valence-electron chi connectivity index (χ3n) is 4.32. The Balaban J connectivity index is 1.75. The molecule has 0 unspecified atom stereocenters. The topological polar surface area (TPSA) is 93.9 Å². The van der Waals surface area contributed by atoms with E-state index in [9.17, 15) is 13.2 Å². The monoisotopic (exact) mass is 348 g/mol. The Kier molecular flexibility index (Phi) is 4.40. The molecule has 1 fully saturated rings. The molecule has 7 nitrogen and oxygen atoms in total. The van der Waals surface area contributed by atoms with Gasteiger partial charge in [0, 0.05) is 11.9 Å². The van der Waals surface area contributed by atoms with E-state index in [1.165, 1.54) is 6.20 Å². The molecule has 2 aromatic rings. The summed E-state index contributed by atoms with van der Waals surface area (Å²) in [6, 6.07) is 5.12. The van der Waals surface area contributed by atoms with E-state index < -0.39 is 9.84 Å². The number of rotatable bonds is 4. The third kappa shape index (κ3) is 3.33. The van der Waals surface area contributed by atoms with Crippen LogP contribution < -0.4 is 5.32 Å². The third-order valence-corrected chi connectivity index (χ3v) is 6.07. The molecular formula is C16H20N4O3S. The van der Waals surface area contributed by atoms with Crippen molar-refractivity contribution >= 4 is 15.7 Å². The normalized spacial score (nSPS) is 20.7. The minimum atomic E-state index is -3.00. The Bertz CT molecular complexity index is 845. The summed E-state index contributed by atoms with van der Waals surface area (Å²) in [7, 11) is -3.00. The lowest BCUT2D eigenvalue weighted by Crippen LogP contribution is -2.27. The summed E-state index contributed by atoms with van der Waals surface area (Å²) < 4.78 is 24.9. The fourth-order valence-electron chi connectivity index (χ4n) is 2.96. The zero-order chi connectivity index (χ0) is 17.3. The van der Waals surface area contributed by atoms with Crippen LogP contribution in [-0.2, 0) is 9.84 Å². The molecule has 0 aromatic carbocycles. The van der Waals surface area contributed by atoms with Crippen molar-refractivity contribution in [3.63, 3.8) is 0 Å². The van der Waals surface area contributed by atoms with E-state index in [0.29, 0.717) is 17.7 Å². The van der Waals surface area contributed by atoms with Crippen LogP contribution in [0, 0.1) is 6.92 Å². The van der Waals surface area contributed by atoms with Gasteiger partial charge in [-0.1, -0.05) is 6.07 Å². The van der Waals surface area contributed by atoms with Crippen molar-refractivity contribution in [1.82, 2.24) is 20.1 Å². The highest BCUT2D eigenvalue weighted by atomic mass is 32.2. The van der Waals surface area contributed by atoms with Gasteiger partial charge in [0.25, 0.3) is 5.91 Å². The highest BCUT2D eigenvalue weighted by Crippen LogP contribution is 2.25. The second kappa shape index (κ2) is 6.35. The van der Waals surface area contributed by atoms with Crippen LogP contribution in [0.25, 0.3) is 0 Å². The highest BCUT2D eigenvalue weighted by Gasteiger charge is 2.31. The predicted octanol–water partition coefficient (Wildman–Crippen LogP) is 1.44. The van der Waals surface area contributed by atoms with Gasteiger partial charge < -0.3 is 5.32 Å². The van der Waals surface area contributed by atoms with Crippen molar-refractivity contribution in [3.8, 4) is 0 Å². The molecule has 0 spiro atoms. The molecule has 128 valence electrons. The average Bonchev–Trinajstić information content (AvgIpc) is 3.10. The van der Waals surface area contributed by atoms with Crippen molar-refractivity contribution in [3.05, 3.63) is 47.5 Å². The molecule has 1 aliphatic heterocycles. The predicted molar refractivity (Wildman–Crippen MR) is 89.4 cm³/mol. The van der Waals surface area contributed by atoms with Crippen LogP contribution in [0.3, 0.4) is 0 Å². The highest BCUT2D eigenvalue weighted by molar-refractivity contribution is 7.91. The van der Waals surface area contributed by atoms with Gasteiger partial charge in [0.1, 0.15) is 0 Å². The number of aromatic nitrogens is 3. The van der Waals surface area contributed by atoms with Crippen LogP contribution >= 0.6 is 0 Å². The maximum atomic E-state index is 12.5. The number of amides is 1. The molecule has 2 aromatic heterocycles. The molecule has 1 N–H and O–H groups in total. The SMILES string of the molecule is Cc1c(C(=O)N[C@@H](C)c2ccccn2)cnn1[C@@H]1CCS(=O)(=O)C1. The smallest absolute Gasteiger partial charge is 0.255 e. The summed E-state index contributed by atoms with van der Waals surface area (Å²) in [6.07, 6.45) is 3.72. The fourth-order valence-corrected chi connectivity index (χ4v) is 4.66. The quantitative estimate of drug-likeness (QED) is 0.902.